The van der Waals surface area contributed by atoms with Crippen LogP contribution in [0.2, 0.25) is 0 Å². The number of phenolic OH excluding ortho intramolecular Hbond substituents is 1. The van der Waals surface area contributed by atoms with E-state index in [-0.39, 0.29) is 30.2 Å². The summed E-state index contributed by atoms with van der Waals surface area (Å²) in [6.45, 7) is -0.0489. The smallest absolute Gasteiger partial charge is 0.271 e. The molecule has 5 N–H and O–H groups in total. The van der Waals surface area contributed by atoms with Crippen LogP contribution in [0.5, 0.6) is 5.75 Å². The number of benzene rings is 3. The van der Waals surface area contributed by atoms with Crippen LogP contribution < -0.4 is 16.1 Å². The lowest BCUT2D eigenvalue weighted by molar-refractivity contribution is 0.0916. The highest BCUT2D eigenvalue weighted by molar-refractivity contribution is 6.05. The number of amides is 2. The number of aliphatic hydroxyl groups excluding tert-OH is 1. The fraction of sp³-hybridized carbons (Fsp3) is 0.160. The zero-order chi connectivity index (χ0) is 22.9. The van der Waals surface area contributed by atoms with Gasteiger partial charge < -0.3 is 20.8 Å². The van der Waals surface area contributed by atoms with E-state index in [1.807, 2.05) is 30.3 Å². The van der Waals surface area contributed by atoms with Gasteiger partial charge in [0.25, 0.3) is 11.8 Å². The maximum Gasteiger partial charge on any atom is 0.271 e. The van der Waals surface area contributed by atoms with Gasteiger partial charge in [-0.05, 0) is 41.0 Å². The first-order chi connectivity index (χ1) is 16.0. The van der Waals surface area contributed by atoms with Crippen LogP contribution in [0.4, 0.5) is 5.69 Å². The summed E-state index contributed by atoms with van der Waals surface area (Å²) in [7, 11) is 0. The Labute approximate surface area is 190 Å². The highest BCUT2D eigenvalue weighted by Crippen LogP contribution is 2.46. The Morgan fingerprint density at radius 2 is 1.91 bits per heavy atom. The van der Waals surface area contributed by atoms with Crippen molar-refractivity contribution in [2.24, 2.45) is 5.10 Å². The van der Waals surface area contributed by atoms with Gasteiger partial charge in [-0.15, -0.1) is 0 Å². The second kappa shape index (κ2) is 8.40. The molecule has 5 rings (SSSR count). The Hall–Kier alpha value is -4.17. The third-order valence-corrected chi connectivity index (χ3v) is 5.96. The summed E-state index contributed by atoms with van der Waals surface area (Å²) in [6, 6.07) is 19.2. The molecule has 0 fully saturated rings. The molecule has 3 unspecified atom stereocenters. The zero-order valence-electron chi connectivity index (χ0n) is 17.5. The van der Waals surface area contributed by atoms with E-state index in [0.717, 1.165) is 11.1 Å². The molecule has 3 aromatic carbocycles. The monoisotopic (exact) mass is 442 g/mol. The number of hydrogen-bond acceptors (Lipinski definition) is 6. The highest BCUT2D eigenvalue weighted by atomic mass is 16.3. The molecule has 0 radical (unpaired) electrons. The maximum absolute atomic E-state index is 12.9. The van der Waals surface area contributed by atoms with Gasteiger partial charge in [0.05, 0.1) is 12.1 Å². The first kappa shape index (κ1) is 20.7. The Balaban J connectivity index is 1.41. The Morgan fingerprint density at radius 1 is 1.09 bits per heavy atom. The van der Waals surface area contributed by atoms with Crippen LogP contribution in [0.3, 0.4) is 0 Å². The number of phenols is 1. The fourth-order valence-corrected chi connectivity index (χ4v) is 4.36. The predicted octanol–water partition coefficient (Wildman–Crippen LogP) is 2.84. The third kappa shape index (κ3) is 3.92. The number of hydrazone groups is 1. The molecule has 3 aromatic rings. The minimum atomic E-state index is -0.987. The fourth-order valence-electron chi connectivity index (χ4n) is 4.36. The van der Waals surface area contributed by atoms with Crippen LogP contribution in [0.25, 0.3) is 0 Å². The van der Waals surface area contributed by atoms with Gasteiger partial charge >= 0.3 is 0 Å². The number of aromatic hydroxyl groups is 1. The molecule has 0 saturated heterocycles. The van der Waals surface area contributed by atoms with Gasteiger partial charge in [0.2, 0.25) is 0 Å². The number of nitrogens with one attached hydrogen (secondary N) is 3. The minimum Gasteiger partial charge on any atom is -0.508 e. The molecule has 166 valence electrons. The summed E-state index contributed by atoms with van der Waals surface area (Å²) in [5, 5.41) is 30.2. The minimum absolute atomic E-state index is 0.0356. The van der Waals surface area contributed by atoms with E-state index < -0.39 is 12.0 Å². The van der Waals surface area contributed by atoms with Crippen molar-refractivity contribution in [1.82, 2.24) is 10.7 Å². The second-order valence-corrected chi connectivity index (χ2v) is 8.08. The molecule has 3 atom stereocenters. The van der Waals surface area contributed by atoms with Crippen LogP contribution in [0.15, 0.2) is 71.8 Å². The summed E-state index contributed by atoms with van der Waals surface area (Å²) < 4.78 is 0. The Bertz CT molecular complexity index is 1260. The number of rotatable bonds is 5. The first-order valence-corrected chi connectivity index (χ1v) is 10.6. The second-order valence-electron chi connectivity index (χ2n) is 8.08. The van der Waals surface area contributed by atoms with Gasteiger partial charge in [-0.1, -0.05) is 42.5 Å². The molecule has 2 heterocycles. The van der Waals surface area contributed by atoms with E-state index in [1.54, 1.807) is 30.5 Å². The van der Waals surface area contributed by atoms with Crippen molar-refractivity contribution in [2.45, 2.75) is 18.1 Å². The van der Waals surface area contributed by atoms with Crippen LogP contribution in [-0.4, -0.2) is 34.8 Å². The average molecular weight is 442 g/mol. The summed E-state index contributed by atoms with van der Waals surface area (Å²) >= 11 is 0. The van der Waals surface area contributed by atoms with Crippen molar-refractivity contribution in [3.05, 3.63) is 94.5 Å². The molecule has 2 amide bonds. The molecule has 0 aliphatic carbocycles. The largest absolute Gasteiger partial charge is 0.508 e. The van der Waals surface area contributed by atoms with Gasteiger partial charge in [-0.25, -0.2) is 5.43 Å². The van der Waals surface area contributed by atoms with Gasteiger partial charge in [0.1, 0.15) is 5.75 Å². The van der Waals surface area contributed by atoms with Crippen molar-refractivity contribution in [3.63, 3.8) is 0 Å². The average Bonchev–Trinajstić information content (AvgIpc) is 3.11. The van der Waals surface area contributed by atoms with Crippen LogP contribution in [0.1, 0.15) is 55.5 Å². The number of aliphatic hydroxyl groups is 1. The number of anilines is 1. The molecule has 2 aliphatic rings. The molecular weight excluding hydrogens is 420 g/mol. The molecule has 0 aromatic heterocycles. The van der Waals surface area contributed by atoms with Gasteiger partial charge in [-0.2, -0.15) is 5.10 Å². The lowest BCUT2D eigenvalue weighted by Crippen LogP contribution is -2.29. The molecule has 8 heteroatoms. The van der Waals surface area contributed by atoms with Gasteiger partial charge in [0, 0.05) is 35.5 Å². The lowest BCUT2D eigenvalue weighted by atomic mass is 9.88. The van der Waals surface area contributed by atoms with Crippen molar-refractivity contribution in [3.8, 4) is 5.75 Å². The van der Waals surface area contributed by atoms with E-state index in [1.165, 1.54) is 12.1 Å². The molecule has 0 spiro atoms. The quantitative estimate of drug-likeness (QED) is 0.416. The van der Waals surface area contributed by atoms with E-state index in [0.29, 0.717) is 22.4 Å². The molecule has 8 nitrogen and oxygen atoms in total. The SMILES string of the molecule is O=C(NCC(O)c1cccc(O)c1)c1cc2c3c(c1)C(=O)NN=CC3C(c1ccccc1)N2. The Morgan fingerprint density at radius 3 is 2.70 bits per heavy atom. The van der Waals surface area contributed by atoms with E-state index in [9.17, 15) is 19.8 Å². The predicted molar refractivity (Wildman–Crippen MR) is 123 cm³/mol. The Kier molecular flexibility index (Phi) is 5.27. The lowest BCUT2D eigenvalue weighted by Gasteiger charge is -2.17. The van der Waals surface area contributed by atoms with Gasteiger partial charge in [0.15, 0.2) is 0 Å². The van der Waals surface area contributed by atoms with Crippen LogP contribution in [-0.2, 0) is 0 Å². The number of carbonyl (C=O) groups excluding carboxylic acids is 2. The first-order valence-electron chi connectivity index (χ1n) is 10.6. The molecule has 0 bridgehead atoms. The zero-order valence-corrected chi connectivity index (χ0v) is 17.5. The number of hydrogen-bond donors (Lipinski definition) is 5. The van der Waals surface area contributed by atoms with E-state index in [2.05, 4.69) is 21.2 Å². The summed E-state index contributed by atoms with van der Waals surface area (Å²) in [4.78, 5) is 25.6. The normalized spacial score (nSPS) is 19.1. The van der Waals surface area contributed by atoms with E-state index in [4.69, 9.17) is 0 Å². The van der Waals surface area contributed by atoms with E-state index >= 15 is 0 Å². The van der Waals surface area contributed by atoms with Crippen LogP contribution in [0, 0.1) is 0 Å². The molecular formula is C25H22N4O4. The molecule has 0 saturated carbocycles. The summed E-state index contributed by atoms with van der Waals surface area (Å²) in [5.74, 6) is -0.933. The number of carbonyl (C=O) groups is 2. The van der Waals surface area contributed by atoms with Crippen LogP contribution >= 0.6 is 0 Å². The summed E-state index contributed by atoms with van der Waals surface area (Å²) in [6.07, 6.45) is 0.731. The van der Waals surface area contributed by atoms with Crippen molar-refractivity contribution in [2.75, 3.05) is 11.9 Å². The number of nitrogens with zero attached hydrogens (tertiary/aromatic N) is 1. The maximum atomic E-state index is 12.9. The standard InChI is InChI=1S/C25H22N4O4/c30-17-8-4-7-15(9-17)21(31)13-26-24(32)16-10-18-22-19(12-27-29-25(18)33)23(28-20(22)11-16)14-5-2-1-3-6-14/h1-12,19,21,23,28,30-31H,13H2,(H,26,32)(H,29,33). The van der Waals surface area contributed by atoms with Crippen molar-refractivity contribution in [1.29, 1.82) is 0 Å². The third-order valence-electron chi connectivity index (χ3n) is 5.96. The van der Waals surface area contributed by atoms with Crippen molar-refractivity contribution < 1.29 is 19.8 Å². The van der Waals surface area contributed by atoms with Crippen molar-refractivity contribution >= 4 is 23.7 Å². The van der Waals surface area contributed by atoms with Gasteiger partial charge in [-0.3, -0.25) is 9.59 Å². The topological polar surface area (TPSA) is 123 Å². The molecule has 33 heavy (non-hydrogen) atoms. The highest BCUT2D eigenvalue weighted by Gasteiger charge is 2.37. The summed E-state index contributed by atoms with van der Waals surface area (Å²) in [5.41, 5.74) is 6.24. The molecule has 2 aliphatic heterocycles.